The fraction of sp³-hybridized carbons (Fsp3) is 0.781. The van der Waals surface area contributed by atoms with E-state index in [1.54, 1.807) is 0 Å². The van der Waals surface area contributed by atoms with E-state index in [1.807, 2.05) is 29.2 Å². The lowest BCUT2D eigenvalue weighted by molar-refractivity contribution is -0.139. The van der Waals surface area contributed by atoms with Gasteiger partial charge in [-0.3, -0.25) is 13.7 Å². The zero-order chi connectivity index (χ0) is 28.6. The molecule has 0 saturated heterocycles. The number of carbonyl (C=O) groups excluding carboxylic acids is 1. The second-order valence-corrected chi connectivity index (χ2v) is 11.6. The first-order valence-electron chi connectivity index (χ1n) is 15.9. The van der Waals surface area contributed by atoms with E-state index in [-0.39, 0.29) is 5.91 Å². The number of anilines is 1. The van der Waals surface area contributed by atoms with E-state index >= 15 is 0 Å². The lowest BCUT2D eigenvalue weighted by Crippen LogP contribution is -2.43. The predicted molar refractivity (Wildman–Crippen MR) is 166 cm³/mol. The molecular formula is C32H58N2O4S. The van der Waals surface area contributed by atoms with Crippen LogP contribution in [0, 0.1) is 0 Å². The molecule has 226 valence electrons. The van der Waals surface area contributed by atoms with Gasteiger partial charge in [-0.2, -0.15) is 0 Å². The molecule has 0 fully saturated rings. The van der Waals surface area contributed by atoms with Crippen LogP contribution in [0.3, 0.4) is 0 Å². The van der Waals surface area contributed by atoms with Gasteiger partial charge >= 0.3 is 0 Å². The number of hydrogen-bond donors (Lipinski definition) is 1. The van der Waals surface area contributed by atoms with E-state index in [4.69, 9.17) is 8.92 Å². The Morgan fingerprint density at radius 1 is 0.744 bits per heavy atom. The van der Waals surface area contributed by atoms with Crippen molar-refractivity contribution >= 4 is 22.9 Å². The Balaban J connectivity index is 2.69. The Kier molecular flexibility index (Phi) is 22.0. The zero-order valence-corrected chi connectivity index (χ0v) is 26.3. The SMILES string of the molecule is CCCCCCCCCCCCC(Oc1ccc(NS(=O)OCCCC)cc1)C(=O)N(CCCC)CCCC. The number of rotatable bonds is 26. The first-order chi connectivity index (χ1) is 19.0. The third-order valence-electron chi connectivity index (χ3n) is 6.99. The summed E-state index contributed by atoms with van der Waals surface area (Å²) in [5.41, 5.74) is 0.697. The van der Waals surface area contributed by atoms with E-state index in [2.05, 4.69) is 32.4 Å². The molecule has 0 aliphatic heterocycles. The zero-order valence-electron chi connectivity index (χ0n) is 25.5. The van der Waals surface area contributed by atoms with Crippen molar-refractivity contribution < 1.29 is 17.9 Å². The molecule has 0 aliphatic carbocycles. The standard InChI is InChI=1S/C32H58N2O4S/c1-5-9-13-14-15-16-17-18-19-20-21-31(32(35)34(26-10-6-2)27-11-7-3)38-30-24-22-29(23-25-30)33-39(36)37-28-12-8-4/h22-25,31,33H,5-21,26-28H2,1-4H3. The lowest BCUT2D eigenvalue weighted by Gasteiger charge is -2.28. The molecule has 2 unspecified atom stereocenters. The summed E-state index contributed by atoms with van der Waals surface area (Å²) in [6.45, 7) is 10.7. The molecular weight excluding hydrogens is 508 g/mol. The van der Waals surface area contributed by atoms with Gasteiger partial charge in [-0.1, -0.05) is 105 Å². The highest BCUT2D eigenvalue weighted by atomic mass is 32.2. The van der Waals surface area contributed by atoms with E-state index in [0.29, 0.717) is 18.0 Å². The van der Waals surface area contributed by atoms with E-state index in [1.165, 1.54) is 51.4 Å². The molecule has 0 radical (unpaired) electrons. The number of ether oxygens (including phenoxy) is 1. The van der Waals surface area contributed by atoms with E-state index in [0.717, 1.165) is 70.9 Å². The van der Waals surface area contributed by atoms with Crippen LogP contribution >= 0.6 is 0 Å². The number of amides is 1. The van der Waals surface area contributed by atoms with Crippen molar-refractivity contribution in [1.29, 1.82) is 0 Å². The number of hydrogen-bond acceptors (Lipinski definition) is 4. The monoisotopic (exact) mass is 566 g/mol. The quantitative estimate of drug-likeness (QED) is 0.114. The molecule has 1 rings (SSSR count). The van der Waals surface area contributed by atoms with Crippen molar-refractivity contribution in [1.82, 2.24) is 4.90 Å². The molecule has 6 nitrogen and oxygen atoms in total. The molecule has 0 spiro atoms. The molecule has 2 atom stereocenters. The first kappa shape index (κ1) is 35.4. The average molecular weight is 567 g/mol. The van der Waals surface area contributed by atoms with Gasteiger partial charge < -0.3 is 9.64 Å². The Morgan fingerprint density at radius 2 is 1.26 bits per heavy atom. The third kappa shape index (κ3) is 17.7. The molecule has 39 heavy (non-hydrogen) atoms. The normalized spacial score (nSPS) is 12.7. The van der Waals surface area contributed by atoms with E-state index < -0.39 is 17.4 Å². The van der Waals surface area contributed by atoms with Crippen molar-refractivity contribution in [3.63, 3.8) is 0 Å². The minimum atomic E-state index is -1.57. The molecule has 0 heterocycles. The molecule has 1 aromatic rings. The van der Waals surface area contributed by atoms with Crippen LogP contribution in [-0.2, 0) is 20.2 Å². The van der Waals surface area contributed by atoms with Crippen molar-refractivity contribution in [3.05, 3.63) is 24.3 Å². The Morgan fingerprint density at radius 3 is 1.79 bits per heavy atom. The number of nitrogens with zero attached hydrogens (tertiary/aromatic N) is 1. The Bertz CT molecular complexity index is 736. The number of benzene rings is 1. The second kappa shape index (κ2) is 24.2. The maximum atomic E-state index is 13.6. The second-order valence-electron chi connectivity index (χ2n) is 10.6. The Hall–Kier alpha value is -1.60. The van der Waals surface area contributed by atoms with Gasteiger partial charge in [0.05, 0.1) is 6.61 Å². The van der Waals surface area contributed by atoms with Crippen molar-refractivity contribution in [3.8, 4) is 5.75 Å². The van der Waals surface area contributed by atoms with Gasteiger partial charge in [-0.15, -0.1) is 0 Å². The van der Waals surface area contributed by atoms with Crippen LogP contribution in [-0.4, -0.2) is 40.8 Å². The first-order valence-corrected chi connectivity index (χ1v) is 17.0. The predicted octanol–water partition coefficient (Wildman–Crippen LogP) is 8.98. The molecule has 0 aromatic heterocycles. The maximum Gasteiger partial charge on any atom is 0.263 e. The van der Waals surface area contributed by atoms with Crippen molar-refractivity contribution in [2.24, 2.45) is 0 Å². The fourth-order valence-electron chi connectivity index (χ4n) is 4.45. The minimum Gasteiger partial charge on any atom is -0.481 e. The smallest absolute Gasteiger partial charge is 0.263 e. The van der Waals surface area contributed by atoms with Crippen LogP contribution in [0.25, 0.3) is 0 Å². The lowest BCUT2D eigenvalue weighted by atomic mass is 10.0. The van der Waals surface area contributed by atoms with E-state index in [9.17, 15) is 9.00 Å². The summed E-state index contributed by atoms with van der Waals surface area (Å²) in [5, 5.41) is 0. The Labute approximate surface area is 242 Å². The largest absolute Gasteiger partial charge is 0.481 e. The highest BCUT2D eigenvalue weighted by molar-refractivity contribution is 7.81. The number of unbranched alkanes of at least 4 members (excludes halogenated alkanes) is 12. The van der Waals surface area contributed by atoms with Crippen LogP contribution in [0.1, 0.15) is 137 Å². The van der Waals surface area contributed by atoms with Crippen LogP contribution < -0.4 is 9.46 Å². The summed E-state index contributed by atoms with van der Waals surface area (Å²) in [4.78, 5) is 15.6. The van der Waals surface area contributed by atoms with Gasteiger partial charge in [-0.25, -0.2) is 4.21 Å². The highest BCUT2D eigenvalue weighted by Crippen LogP contribution is 2.21. The summed E-state index contributed by atoms with van der Waals surface area (Å²) < 4.78 is 26.5. The molecule has 7 heteroatoms. The third-order valence-corrected chi connectivity index (χ3v) is 7.78. The summed E-state index contributed by atoms with van der Waals surface area (Å²) in [7, 11) is 0. The van der Waals surface area contributed by atoms with Crippen molar-refractivity contribution in [2.45, 2.75) is 143 Å². The van der Waals surface area contributed by atoms with Crippen LogP contribution in [0.2, 0.25) is 0 Å². The van der Waals surface area contributed by atoms with Gasteiger partial charge in [0.15, 0.2) is 6.10 Å². The van der Waals surface area contributed by atoms with Gasteiger partial charge in [-0.05, 0) is 56.4 Å². The van der Waals surface area contributed by atoms with Gasteiger partial charge in [0.25, 0.3) is 17.2 Å². The summed E-state index contributed by atoms with van der Waals surface area (Å²) in [5.74, 6) is 0.773. The topological polar surface area (TPSA) is 67.9 Å². The molecule has 0 bridgehead atoms. The molecule has 0 aliphatic rings. The van der Waals surface area contributed by atoms with Crippen LogP contribution in [0.4, 0.5) is 5.69 Å². The maximum absolute atomic E-state index is 13.6. The summed E-state index contributed by atoms with van der Waals surface area (Å²) in [6, 6.07) is 7.33. The number of carbonyl (C=O) groups is 1. The average Bonchev–Trinajstić information content (AvgIpc) is 2.94. The molecule has 1 amide bonds. The highest BCUT2D eigenvalue weighted by Gasteiger charge is 2.25. The number of nitrogens with one attached hydrogen (secondary N) is 1. The summed E-state index contributed by atoms with van der Waals surface area (Å²) in [6.07, 6.45) is 19.0. The van der Waals surface area contributed by atoms with Gasteiger partial charge in [0.1, 0.15) is 5.75 Å². The molecule has 0 saturated carbocycles. The van der Waals surface area contributed by atoms with Gasteiger partial charge in [0.2, 0.25) is 0 Å². The molecule has 1 N–H and O–H groups in total. The fourth-order valence-corrected chi connectivity index (χ4v) is 5.11. The molecule has 1 aromatic carbocycles. The minimum absolute atomic E-state index is 0.112. The van der Waals surface area contributed by atoms with Crippen molar-refractivity contribution in [2.75, 3.05) is 24.4 Å². The summed E-state index contributed by atoms with van der Waals surface area (Å²) >= 11 is -1.57. The van der Waals surface area contributed by atoms with Crippen LogP contribution in [0.15, 0.2) is 24.3 Å². The van der Waals surface area contributed by atoms with Gasteiger partial charge in [0, 0.05) is 18.8 Å². The van der Waals surface area contributed by atoms with Crippen LogP contribution in [0.5, 0.6) is 5.75 Å².